The molecule has 0 aliphatic rings. The number of esters is 1. The van der Waals surface area contributed by atoms with E-state index in [1.807, 2.05) is 16.0 Å². The highest BCUT2D eigenvalue weighted by atomic mass is 32.1. The third-order valence-corrected chi connectivity index (χ3v) is 3.50. The topological polar surface area (TPSA) is 98.7 Å². The standard InChI is InChI=1S/C13H12N4O4S/c1-8-4-10(16-21-8)15-11(18)7-20-12(19)5-9-6-17-2-3-22-13(17)14-9/h2-4,6H,5,7H2,1H3,(H,15,16,18). The number of thiazole rings is 1. The minimum absolute atomic E-state index is 0.0186. The zero-order chi connectivity index (χ0) is 15.5. The molecule has 0 saturated carbocycles. The molecule has 0 unspecified atom stereocenters. The SMILES string of the molecule is Cc1cc(NC(=O)COC(=O)Cc2cn3ccsc3n2)no1. The van der Waals surface area contributed by atoms with E-state index in [0.717, 1.165) is 4.96 Å². The van der Waals surface area contributed by atoms with Gasteiger partial charge in [0, 0.05) is 23.8 Å². The Labute approximate surface area is 128 Å². The van der Waals surface area contributed by atoms with Gasteiger partial charge in [0.1, 0.15) is 5.76 Å². The smallest absolute Gasteiger partial charge is 0.312 e. The first-order valence-corrected chi connectivity index (χ1v) is 7.28. The van der Waals surface area contributed by atoms with Gasteiger partial charge in [0.2, 0.25) is 0 Å². The van der Waals surface area contributed by atoms with Gasteiger partial charge >= 0.3 is 5.97 Å². The van der Waals surface area contributed by atoms with Crippen molar-refractivity contribution in [3.63, 3.8) is 0 Å². The average Bonchev–Trinajstić information content (AvgIpc) is 3.13. The van der Waals surface area contributed by atoms with Crippen LogP contribution in [0, 0.1) is 6.92 Å². The van der Waals surface area contributed by atoms with Gasteiger partial charge in [-0.3, -0.25) is 14.0 Å². The Bertz CT molecular complexity index is 790. The number of ether oxygens (including phenoxy) is 1. The van der Waals surface area contributed by atoms with Crippen LogP contribution in [-0.4, -0.2) is 33.0 Å². The van der Waals surface area contributed by atoms with Crippen LogP contribution < -0.4 is 5.32 Å². The summed E-state index contributed by atoms with van der Waals surface area (Å²) in [4.78, 5) is 28.4. The van der Waals surface area contributed by atoms with Crippen LogP contribution in [0.5, 0.6) is 0 Å². The zero-order valence-corrected chi connectivity index (χ0v) is 12.4. The lowest BCUT2D eigenvalue weighted by Crippen LogP contribution is -2.21. The van der Waals surface area contributed by atoms with Gasteiger partial charge in [-0.15, -0.1) is 11.3 Å². The first-order valence-electron chi connectivity index (χ1n) is 6.40. The average molecular weight is 320 g/mol. The van der Waals surface area contributed by atoms with E-state index in [4.69, 9.17) is 9.26 Å². The molecule has 0 atom stereocenters. The first-order chi connectivity index (χ1) is 10.6. The van der Waals surface area contributed by atoms with Crippen molar-refractivity contribution >= 4 is 34.0 Å². The Morgan fingerprint density at radius 3 is 3.09 bits per heavy atom. The van der Waals surface area contributed by atoms with Crippen LogP contribution in [0.25, 0.3) is 4.96 Å². The number of aromatic nitrogens is 3. The highest BCUT2D eigenvalue weighted by Gasteiger charge is 2.12. The van der Waals surface area contributed by atoms with Gasteiger partial charge in [-0.25, -0.2) is 4.98 Å². The quantitative estimate of drug-likeness (QED) is 0.714. The second-order valence-corrected chi connectivity index (χ2v) is 5.41. The number of hydrogen-bond acceptors (Lipinski definition) is 7. The number of imidazole rings is 1. The van der Waals surface area contributed by atoms with Crippen LogP contribution in [0.15, 0.2) is 28.4 Å². The number of nitrogens with one attached hydrogen (secondary N) is 1. The lowest BCUT2D eigenvalue weighted by Gasteiger charge is -2.03. The van der Waals surface area contributed by atoms with Crippen molar-refractivity contribution in [2.24, 2.45) is 0 Å². The lowest BCUT2D eigenvalue weighted by atomic mass is 10.3. The number of hydrogen-bond donors (Lipinski definition) is 1. The van der Waals surface area contributed by atoms with E-state index in [0.29, 0.717) is 11.5 Å². The predicted octanol–water partition coefficient (Wildman–Crippen LogP) is 1.42. The minimum atomic E-state index is -0.516. The van der Waals surface area contributed by atoms with Crippen LogP contribution in [0.4, 0.5) is 5.82 Å². The van der Waals surface area contributed by atoms with Crippen LogP contribution >= 0.6 is 11.3 Å². The van der Waals surface area contributed by atoms with Crippen molar-refractivity contribution in [2.45, 2.75) is 13.3 Å². The molecule has 22 heavy (non-hydrogen) atoms. The van der Waals surface area contributed by atoms with Crippen molar-refractivity contribution in [3.05, 3.63) is 35.3 Å². The van der Waals surface area contributed by atoms with E-state index in [1.165, 1.54) is 11.3 Å². The van der Waals surface area contributed by atoms with Crippen LogP contribution in [0.1, 0.15) is 11.5 Å². The second-order valence-electron chi connectivity index (χ2n) is 4.53. The van der Waals surface area contributed by atoms with E-state index in [2.05, 4.69) is 15.5 Å². The predicted molar refractivity (Wildman–Crippen MR) is 77.6 cm³/mol. The van der Waals surface area contributed by atoms with E-state index >= 15 is 0 Å². The van der Waals surface area contributed by atoms with Crippen LogP contribution in [0.2, 0.25) is 0 Å². The maximum absolute atomic E-state index is 11.7. The summed E-state index contributed by atoms with van der Waals surface area (Å²) in [6.07, 6.45) is 3.63. The Hall–Kier alpha value is -2.68. The van der Waals surface area contributed by atoms with E-state index in [9.17, 15) is 9.59 Å². The molecule has 0 spiro atoms. The monoisotopic (exact) mass is 320 g/mol. The van der Waals surface area contributed by atoms with Crippen molar-refractivity contribution in [2.75, 3.05) is 11.9 Å². The van der Waals surface area contributed by atoms with E-state index < -0.39 is 11.9 Å². The molecule has 0 radical (unpaired) electrons. The Balaban J connectivity index is 1.47. The van der Waals surface area contributed by atoms with Gasteiger partial charge in [-0.1, -0.05) is 5.16 Å². The number of nitrogens with zero attached hydrogens (tertiary/aromatic N) is 3. The highest BCUT2D eigenvalue weighted by molar-refractivity contribution is 7.15. The molecule has 0 aliphatic heterocycles. The molecule has 8 nitrogen and oxygen atoms in total. The first kappa shape index (κ1) is 14.3. The summed E-state index contributed by atoms with van der Waals surface area (Å²) in [5.41, 5.74) is 0.601. The van der Waals surface area contributed by atoms with Gasteiger partial charge in [0.15, 0.2) is 17.4 Å². The molecule has 0 fully saturated rings. The largest absolute Gasteiger partial charge is 0.455 e. The number of amides is 1. The lowest BCUT2D eigenvalue weighted by molar-refractivity contribution is -0.146. The number of rotatable bonds is 5. The second kappa shape index (κ2) is 5.98. The molecule has 3 rings (SSSR count). The minimum Gasteiger partial charge on any atom is -0.455 e. The maximum Gasteiger partial charge on any atom is 0.312 e. The molecule has 3 aromatic heterocycles. The summed E-state index contributed by atoms with van der Waals surface area (Å²) in [6, 6.07) is 1.57. The molecule has 0 bridgehead atoms. The normalized spacial score (nSPS) is 10.8. The zero-order valence-electron chi connectivity index (χ0n) is 11.6. The molecule has 0 aromatic carbocycles. The number of fused-ring (bicyclic) bond motifs is 1. The third kappa shape index (κ3) is 3.31. The van der Waals surface area contributed by atoms with Gasteiger partial charge in [-0.05, 0) is 6.92 Å². The molecule has 3 aromatic rings. The molecule has 1 amide bonds. The number of carbonyl (C=O) groups is 2. The number of anilines is 1. The number of carbonyl (C=O) groups excluding carboxylic acids is 2. The molecular formula is C13H12N4O4S. The Morgan fingerprint density at radius 1 is 1.50 bits per heavy atom. The summed E-state index contributed by atoms with van der Waals surface area (Å²) in [5.74, 6) is -0.135. The van der Waals surface area contributed by atoms with E-state index in [-0.39, 0.29) is 18.8 Å². The van der Waals surface area contributed by atoms with Crippen molar-refractivity contribution in [1.29, 1.82) is 0 Å². The highest BCUT2D eigenvalue weighted by Crippen LogP contribution is 2.12. The number of aryl methyl sites for hydroxylation is 1. The fraction of sp³-hybridized carbons (Fsp3) is 0.231. The van der Waals surface area contributed by atoms with Gasteiger partial charge in [0.25, 0.3) is 5.91 Å². The molecule has 9 heteroatoms. The van der Waals surface area contributed by atoms with Crippen molar-refractivity contribution in [1.82, 2.24) is 14.5 Å². The molecular weight excluding hydrogens is 308 g/mol. The summed E-state index contributed by atoms with van der Waals surface area (Å²) in [7, 11) is 0. The molecule has 1 N–H and O–H groups in total. The van der Waals surface area contributed by atoms with Crippen LogP contribution in [0.3, 0.4) is 0 Å². The molecule has 0 aliphatic carbocycles. The summed E-state index contributed by atoms with van der Waals surface area (Å²) >= 11 is 1.48. The molecule has 0 saturated heterocycles. The van der Waals surface area contributed by atoms with E-state index in [1.54, 1.807) is 19.2 Å². The van der Waals surface area contributed by atoms with Crippen LogP contribution in [-0.2, 0) is 20.7 Å². The fourth-order valence-corrected chi connectivity index (χ4v) is 2.53. The Morgan fingerprint density at radius 2 is 2.36 bits per heavy atom. The third-order valence-electron chi connectivity index (χ3n) is 2.73. The fourth-order valence-electron chi connectivity index (χ4n) is 1.81. The molecule has 114 valence electrons. The van der Waals surface area contributed by atoms with Gasteiger partial charge in [0.05, 0.1) is 12.1 Å². The van der Waals surface area contributed by atoms with Gasteiger partial charge < -0.3 is 14.6 Å². The van der Waals surface area contributed by atoms with Gasteiger partial charge in [-0.2, -0.15) is 0 Å². The summed E-state index contributed by atoms with van der Waals surface area (Å²) in [6.45, 7) is 1.32. The molecule has 3 heterocycles. The van der Waals surface area contributed by atoms with Crippen molar-refractivity contribution in [3.8, 4) is 0 Å². The maximum atomic E-state index is 11.7. The summed E-state index contributed by atoms with van der Waals surface area (Å²) < 4.78 is 11.5. The summed E-state index contributed by atoms with van der Waals surface area (Å²) in [5, 5.41) is 7.97. The van der Waals surface area contributed by atoms with Crippen molar-refractivity contribution < 1.29 is 18.8 Å². The Kier molecular flexibility index (Phi) is 3.88.